The van der Waals surface area contributed by atoms with Crippen molar-refractivity contribution in [2.45, 2.75) is 37.7 Å². The van der Waals surface area contributed by atoms with Crippen LogP contribution in [0, 0.1) is 5.41 Å². The van der Waals surface area contributed by atoms with Crippen molar-refractivity contribution in [1.29, 1.82) is 0 Å². The first-order valence-corrected chi connectivity index (χ1v) is 5.08. The van der Waals surface area contributed by atoms with Gasteiger partial charge in [0, 0.05) is 0 Å². The van der Waals surface area contributed by atoms with E-state index in [2.05, 4.69) is 0 Å². The Hall–Kier alpha value is -1.06. The molecule has 0 aromatic carbocycles. The first-order valence-electron chi connectivity index (χ1n) is 5.08. The molecule has 0 aromatic rings. The van der Waals surface area contributed by atoms with Gasteiger partial charge in [-0.15, -0.1) is 0 Å². The van der Waals surface area contributed by atoms with Gasteiger partial charge in [-0.05, 0) is 19.3 Å². The van der Waals surface area contributed by atoms with E-state index in [1.54, 1.807) is 0 Å². The van der Waals surface area contributed by atoms with E-state index >= 15 is 0 Å². The second-order valence-corrected chi connectivity index (χ2v) is 4.51. The van der Waals surface area contributed by atoms with E-state index in [1.807, 2.05) is 0 Å². The van der Waals surface area contributed by atoms with Gasteiger partial charge in [-0.1, -0.05) is 6.42 Å². The number of rotatable bonds is 0. The molecule has 0 aromatic heterocycles. The summed E-state index contributed by atoms with van der Waals surface area (Å²) in [6.45, 7) is 0.275. The lowest BCUT2D eigenvalue weighted by Gasteiger charge is -2.37. The van der Waals surface area contributed by atoms with Crippen molar-refractivity contribution in [3.8, 4) is 0 Å². The van der Waals surface area contributed by atoms with Crippen LogP contribution in [0.3, 0.4) is 0 Å². The summed E-state index contributed by atoms with van der Waals surface area (Å²) in [7, 11) is 0. The fraction of sp³-hybridized carbons (Fsp3) is 0.800. The molecule has 2 heterocycles. The monoisotopic (exact) mass is 196 g/mol. The Labute approximate surface area is 81.6 Å². The molecule has 1 saturated carbocycles. The number of ether oxygens (including phenoxy) is 2. The zero-order valence-electron chi connectivity index (χ0n) is 7.88. The van der Waals surface area contributed by atoms with Gasteiger partial charge in [0.25, 0.3) is 0 Å². The minimum atomic E-state index is -0.623. The Kier molecular flexibility index (Phi) is 1.36. The van der Waals surface area contributed by atoms with Gasteiger partial charge in [-0.25, -0.2) is 0 Å². The van der Waals surface area contributed by atoms with Crippen molar-refractivity contribution < 1.29 is 19.1 Å². The van der Waals surface area contributed by atoms with E-state index in [4.69, 9.17) is 9.47 Å². The summed E-state index contributed by atoms with van der Waals surface area (Å²) in [6.07, 6.45) is 3.77. The van der Waals surface area contributed by atoms with Crippen LogP contribution in [0.15, 0.2) is 0 Å². The van der Waals surface area contributed by atoms with Gasteiger partial charge in [0.15, 0.2) is 5.60 Å². The molecule has 0 radical (unpaired) electrons. The van der Waals surface area contributed by atoms with Crippen molar-refractivity contribution in [2.75, 3.05) is 6.61 Å². The summed E-state index contributed by atoms with van der Waals surface area (Å²) in [5.41, 5.74) is -1.22. The zero-order valence-corrected chi connectivity index (χ0v) is 7.88. The highest BCUT2D eigenvalue weighted by atomic mass is 16.6. The van der Waals surface area contributed by atoms with Crippen molar-refractivity contribution in [2.24, 2.45) is 5.41 Å². The van der Waals surface area contributed by atoms with Crippen molar-refractivity contribution in [3.63, 3.8) is 0 Å². The predicted octanol–water partition coefficient (Wildman–Crippen LogP) is 0.789. The van der Waals surface area contributed by atoms with E-state index in [1.165, 1.54) is 0 Å². The van der Waals surface area contributed by atoms with Crippen LogP contribution in [-0.2, 0) is 19.1 Å². The molecule has 4 heteroatoms. The Balaban J connectivity index is 2.11. The molecule has 1 aliphatic carbocycles. The molecule has 0 spiro atoms. The minimum Gasteiger partial charge on any atom is -0.461 e. The van der Waals surface area contributed by atoms with E-state index in [9.17, 15) is 9.59 Å². The van der Waals surface area contributed by atoms with Gasteiger partial charge in [0.1, 0.15) is 12.0 Å². The smallest absolute Gasteiger partial charge is 0.317 e. The maximum atomic E-state index is 11.7. The summed E-state index contributed by atoms with van der Waals surface area (Å²) in [6, 6.07) is 0. The predicted molar refractivity (Wildman–Crippen MR) is 45.3 cm³/mol. The summed E-state index contributed by atoms with van der Waals surface area (Å²) < 4.78 is 10.4. The van der Waals surface area contributed by atoms with Crippen molar-refractivity contribution in [1.82, 2.24) is 0 Å². The van der Waals surface area contributed by atoms with Crippen LogP contribution in [0.25, 0.3) is 0 Å². The molecular weight excluding hydrogens is 184 g/mol. The van der Waals surface area contributed by atoms with Crippen molar-refractivity contribution >= 4 is 11.9 Å². The molecule has 2 aliphatic heterocycles. The third-order valence-corrected chi connectivity index (χ3v) is 3.89. The average Bonchev–Trinajstić information content (AvgIpc) is 2.60. The summed E-state index contributed by atoms with van der Waals surface area (Å²) in [5.74, 6) is -0.452. The molecule has 2 saturated heterocycles. The highest BCUT2D eigenvalue weighted by Crippen LogP contribution is 2.57. The quantitative estimate of drug-likeness (QED) is 0.537. The van der Waals surface area contributed by atoms with Gasteiger partial charge in [-0.3, -0.25) is 9.59 Å². The maximum Gasteiger partial charge on any atom is 0.317 e. The van der Waals surface area contributed by atoms with Gasteiger partial charge < -0.3 is 9.47 Å². The largest absolute Gasteiger partial charge is 0.461 e. The molecule has 14 heavy (non-hydrogen) atoms. The van der Waals surface area contributed by atoms with Crippen LogP contribution >= 0.6 is 0 Å². The van der Waals surface area contributed by atoms with Crippen LogP contribution in [0.4, 0.5) is 0 Å². The third kappa shape index (κ3) is 0.713. The highest BCUT2D eigenvalue weighted by molar-refractivity contribution is 5.90. The van der Waals surface area contributed by atoms with Gasteiger partial charge in [0.2, 0.25) is 0 Å². The van der Waals surface area contributed by atoms with Crippen LogP contribution in [0.1, 0.15) is 32.1 Å². The molecule has 2 atom stereocenters. The molecule has 3 rings (SSSR count). The molecule has 0 amide bonds. The Morgan fingerprint density at radius 3 is 2.71 bits per heavy atom. The number of hydrogen-bond donors (Lipinski definition) is 0. The second kappa shape index (κ2) is 2.30. The Morgan fingerprint density at radius 2 is 1.93 bits per heavy atom. The second-order valence-electron chi connectivity index (χ2n) is 4.51. The fourth-order valence-corrected chi connectivity index (χ4v) is 3.12. The van der Waals surface area contributed by atoms with Gasteiger partial charge in [0.05, 0.1) is 6.42 Å². The van der Waals surface area contributed by atoms with Gasteiger partial charge >= 0.3 is 11.9 Å². The van der Waals surface area contributed by atoms with Crippen LogP contribution in [0.2, 0.25) is 0 Å². The molecule has 3 fully saturated rings. The summed E-state index contributed by atoms with van der Waals surface area (Å²) in [5, 5.41) is 0. The lowest BCUT2D eigenvalue weighted by Crippen LogP contribution is -2.48. The summed E-state index contributed by atoms with van der Waals surface area (Å²) in [4.78, 5) is 23.0. The van der Waals surface area contributed by atoms with E-state index in [0.29, 0.717) is 0 Å². The molecule has 76 valence electrons. The number of carbonyl (C=O) groups excluding carboxylic acids is 2. The number of hydrogen-bond acceptors (Lipinski definition) is 4. The minimum absolute atomic E-state index is 0.219. The standard InChI is InChI=1S/C10H12O4/c11-7-5-9-3-1-2-4-10(9,14-7)6-13-8(9)12/h1-6H2/t9-,10+/m0/s1. The average molecular weight is 196 g/mol. The molecule has 0 unspecified atom stereocenters. The van der Waals surface area contributed by atoms with E-state index < -0.39 is 11.0 Å². The lowest BCUT2D eigenvalue weighted by molar-refractivity contribution is -0.153. The fourth-order valence-electron chi connectivity index (χ4n) is 3.12. The van der Waals surface area contributed by atoms with Crippen LogP contribution in [0.5, 0.6) is 0 Å². The third-order valence-electron chi connectivity index (χ3n) is 3.89. The first-order chi connectivity index (χ1) is 6.69. The Morgan fingerprint density at radius 1 is 1.14 bits per heavy atom. The number of esters is 2. The SMILES string of the molecule is O=C1C[C@]23CCCC[C@]2(COC3=O)O1. The first kappa shape index (κ1) is 8.26. The van der Waals surface area contributed by atoms with Crippen LogP contribution < -0.4 is 0 Å². The number of cyclic esters (lactones) is 1. The normalized spacial score (nSPS) is 45.4. The number of carbonyl (C=O) groups is 2. The molecule has 0 bridgehead atoms. The van der Waals surface area contributed by atoms with Gasteiger partial charge in [-0.2, -0.15) is 0 Å². The Bertz CT molecular complexity index is 324. The van der Waals surface area contributed by atoms with E-state index in [0.717, 1.165) is 25.7 Å². The molecule has 0 N–H and O–H groups in total. The zero-order chi connectivity index (χ0) is 9.81. The molecule has 3 aliphatic rings. The topological polar surface area (TPSA) is 52.6 Å². The van der Waals surface area contributed by atoms with Crippen molar-refractivity contribution in [3.05, 3.63) is 0 Å². The molecule has 4 nitrogen and oxygen atoms in total. The lowest BCUT2D eigenvalue weighted by atomic mass is 9.64. The summed E-state index contributed by atoms with van der Waals surface area (Å²) >= 11 is 0. The maximum absolute atomic E-state index is 11.7. The molecular formula is C10H12O4. The van der Waals surface area contributed by atoms with E-state index in [-0.39, 0.29) is 25.0 Å². The highest BCUT2D eigenvalue weighted by Gasteiger charge is 2.70. The van der Waals surface area contributed by atoms with Crippen LogP contribution in [-0.4, -0.2) is 24.1 Å².